The van der Waals surface area contributed by atoms with Crippen LogP contribution in [0.3, 0.4) is 0 Å². The SMILES string of the molecule is COCOc1cc(OCOC)c(C(=O)C(C)=Cc2ccc(Cl)cc2)c(OCOC)c1. The molecular weight excluding hydrogens is 412 g/mol. The third-order valence-electron chi connectivity index (χ3n) is 3.89. The minimum Gasteiger partial charge on any atom is -0.467 e. The van der Waals surface area contributed by atoms with Crippen molar-refractivity contribution >= 4 is 23.5 Å². The Morgan fingerprint density at radius 3 is 1.87 bits per heavy atom. The molecule has 0 heterocycles. The number of hydrogen-bond donors (Lipinski definition) is 0. The maximum atomic E-state index is 13.3. The van der Waals surface area contributed by atoms with E-state index in [4.69, 9.17) is 40.0 Å². The molecule has 0 bridgehead atoms. The van der Waals surface area contributed by atoms with Gasteiger partial charge < -0.3 is 28.4 Å². The number of halogens is 1. The maximum absolute atomic E-state index is 13.3. The molecule has 0 aliphatic rings. The average Bonchev–Trinajstić information content (AvgIpc) is 2.75. The van der Waals surface area contributed by atoms with Crippen molar-refractivity contribution in [1.82, 2.24) is 0 Å². The zero-order chi connectivity index (χ0) is 21.9. The molecule has 0 aliphatic heterocycles. The number of rotatable bonds is 12. The first kappa shape index (κ1) is 23.7. The molecule has 0 atom stereocenters. The lowest BCUT2D eigenvalue weighted by Crippen LogP contribution is -2.12. The molecule has 7 nitrogen and oxygen atoms in total. The van der Waals surface area contributed by atoms with Gasteiger partial charge in [-0.1, -0.05) is 23.7 Å². The second-order valence-electron chi connectivity index (χ2n) is 6.16. The van der Waals surface area contributed by atoms with Gasteiger partial charge in [0.15, 0.2) is 26.2 Å². The van der Waals surface area contributed by atoms with Gasteiger partial charge in [0, 0.05) is 38.5 Å². The number of benzene rings is 2. The van der Waals surface area contributed by atoms with Gasteiger partial charge >= 0.3 is 0 Å². The summed E-state index contributed by atoms with van der Waals surface area (Å²) >= 11 is 5.93. The van der Waals surface area contributed by atoms with Crippen LogP contribution in [0.2, 0.25) is 5.02 Å². The molecule has 0 aromatic heterocycles. The third kappa shape index (κ3) is 6.74. The van der Waals surface area contributed by atoms with E-state index in [1.165, 1.54) is 21.3 Å². The van der Waals surface area contributed by atoms with E-state index in [1.807, 2.05) is 12.1 Å². The highest BCUT2D eigenvalue weighted by Gasteiger charge is 2.23. The van der Waals surface area contributed by atoms with Crippen LogP contribution in [0.25, 0.3) is 6.08 Å². The van der Waals surface area contributed by atoms with Crippen LogP contribution in [0.5, 0.6) is 17.2 Å². The van der Waals surface area contributed by atoms with E-state index in [-0.39, 0.29) is 43.2 Å². The van der Waals surface area contributed by atoms with Gasteiger partial charge in [0.2, 0.25) is 0 Å². The van der Waals surface area contributed by atoms with Crippen molar-refractivity contribution in [3.05, 3.63) is 58.1 Å². The summed E-state index contributed by atoms with van der Waals surface area (Å²) in [7, 11) is 4.48. The molecule has 0 unspecified atom stereocenters. The van der Waals surface area contributed by atoms with Crippen LogP contribution in [0.1, 0.15) is 22.8 Å². The van der Waals surface area contributed by atoms with Crippen LogP contribution in [0.4, 0.5) is 0 Å². The van der Waals surface area contributed by atoms with Crippen LogP contribution < -0.4 is 14.2 Å². The van der Waals surface area contributed by atoms with Crippen LogP contribution in [-0.4, -0.2) is 47.5 Å². The van der Waals surface area contributed by atoms with Gasteiger partial charge in [-0.15, -0.1) is 0 Å². The molecule has 0 aliphatic carbocycles. The molecule has 0 N–H and O–H groups in total. The topological polar surface area (TPSA) is 72.5 Å². The van der Waals surface area contributed by atoms with Crippen molar-refractivity contribution < 1.29 is 33.2 Å². The molecule has 0 spiro atoms. The second-order valence-corrected chi connectivity index (χ2v) is 6.59. The lowest BCUT2D eigenvalue weighted by atomic mass is 10.00. The fourth-order valence-corrected chi connectivity index (χ4v) is 2.67. The second kappa shape index (κ2) is 12.2. The molecule has 30 heavy (non-hydrogen) atoms. The van der Waals surface area contributed by atoms with Crippen molar-refractivity contribution in [3.63, 3.8) is 0 Å². The standard InChI is InChI=1S/C22H25ClO7/c1-15(9-16-5-7-17(23)8-6-16)22(24)21-19(29-13-26-3)10-18(28-12-25-2)11-20(21)30-14-27-4/h5-11H,12-14H2,1-4H3. The van der Waals surface area contributed by atoms with Gasteiger partial charge in [-0.05, 0) is 36.3 Å². The molecule has 162 valence electrons. The minimum absolute atomic E-state index is 0.0240. The highest BCUT2D eigenvalue weighted by atomic mass is 35.5. The largest absolute Gasteiger partial charge is 0.467 e. The van der Waals surface area contributed by atoms with Gasteiger partial charge in [0.1, 0.15) is 22.8 Å². The lowest BCUT2D eigenvalue weighted by molar-refractivity contribution is 0.0400. The Morgan fingerprint density at radius 2 is 1.37 bits per heavy atom. The third-order valence-corrected chi connectivity index (χ3v) is 4.14. The van der Waals surface area contributed by atoms with Crippen LogP contribution >= 0.6 is 11.6 Å². The molecule has 2 rings (SSSR count). The molecule has 2 aromatic carbocycles. The Balaban J connectivity index is 2.48. The van der Waals surface area contributed by atoms with Crippen LogP contribution in [-0.2, 0) is 14.2 Å². The molecule has 2 aromatic rings. The highest BCUT2D eigenvalue weighted by molar-refractivity contribution is 6.30. The predicted molar refractivity (Wildman–Crippen MR) is 113 cm³/mol. The highest BCUT2D eigenvalue weighted by Crippen LogP contribution is 2.36. The summed E-state index contributed by atoms with van der Waals surface area (Å²) in [4.78, 5) is 13.3. The Kier molecular flexibility index (Phi) is 9.63. The van der Waals surface area contributed by atoms with Crippen molar-refractivity contribution in [2.24, 2.45) is 0 Å². The number of methoxy groups -OCH3 is 3. The van der Waals surface area contributed by atoms with Gasteiger partial charge in [-0.3, -0.25) is 4.79 Å². The number of ketones is 1. The number of Topliss-reactive ketones (excluding diaryl/α,β-unsaturated/α-hetero) is 1. The van der Waals surface area contributed by atoms with Crippen molar-refractivity contribution in [2.45, 2.75) is 6.92 Å². The van der Waals surface area contributed by atoms with Crippen LogP contribution in [0.15, 0.2) is 42.0 Å². The van der Waals surface area contributed by atoms with E-state index >= 15 is 0 Å². The summed E-state index contributed by atoms with van der Waals surface area (Å²) in [6.45, 7) is 1.62. The van der Waals surface area contributed by atoms with Gasteiger partial charge in [0.05, 0.1) is 0 Å². The van der Waals surface area contributed by atoms with E-state index in [2.05, 4.69) is 0 Å². The molecule has 0 saturated heterocycles. The van der Waals surface area contributed by atoms with Crippen molar-refractivity contribution in [1.29, 1.82) is 0 Å². The summed E-state index contributed by atoms with van der Waals surface area (Å²) in [5.41, 5.74) is 1.55. The fraction of sp³-hybridized carbons (Fsp3) is 0.318. The van der Waals surface area contributed by atoms with Crippen molar-refractivity contribution in [3.8, 4) is 17.2 Å². The molecule has 0 saturated carbocycles. The first-order valence-electron chi connectivity index (χ1n) is 9.02. The zero-order valence-electron chi connectivity index (χ0n) is 17.4. The van der Waals surface area contributed by atoms with E-state index in [1.54, 1.807) is 37.3 Å². The summed E-state index contributed by atoms with van der Waals surface area (Å²) in [5.74, 6) is 0.640. The Labute approximate surface area is 181 Å². The molecule has 8 heteroatoms. The van der Waals surface area contributed by atoms with E-state index in [0.29, 0.717) is 16.3 Å². The number of hydrogen-bond acceptors (Lipinski definition) is 7. The average molecular weight is 437 g/mol. The van der Waals surface area contributed by atoms with E-state index in [0.717, 1.165) is 5.56 Å². The Morgan fingerprint density at radius 1 is 0.867 bits per heavy atom. The summed E-state index contributed by atoms with van der Waals surface area (Å²) in [6.07, 6.45) is 1.76. The number of carbonyl (C=O) groups is 1. The molecule has 0 radical (unpaired) electrons. The molecule has 0 fully saturated rings. The normalized spacial score (nSPS) is 11.3. The zero-order valence-corrected chi connectivity index (χ0v) is 18.2. The smallest absolute Gasteiger partial charge is 0.196 e. The maximum Gasteiger partial charge on any atom is 0.196 e. The summed E-state index contributed by atoms with van der Waals surface area (Å²) < 4.78 is 31.7. The quantitative estimate of drug-likeness (QED) is 0.274. The number of carbonyl (C=O) groups excluding carboxylic acids is 1. The van der Waals surface area contributed by atoms with Gasteiger partial charge in [-0.25, -0.2) is 0 Å². The van der Waals surface area contributed by atoms with Gasteiger partial charge in [0.25, 0.3) is 0 Å². The lowest BCUT2D eigenvalue weighted by Gasteiger charge is -2.17. The van der Waals surface area contributed by atoms with Crippen LogP contribution in [0, 0.1) is 0 Å². The van der Waals surface area contributed by atoms with Crippen molar-refractivity contribution in [2.75, 3.05) is 41.7 Å². The first-order chi connectivity index (χ1) is 14.5. The van der Waals surface area contributed by atoms with Gasteiger partial charge in [-0.2, -0.15) is 0 Å². The Hall–Kier alpha value is -2.58. The molecule has 0 amide bonds. The fourth-order valence-electron chi connectivity index (χ4n) is 2.54. The summed E-state index contributed by atoms with van der Waals surface area (Å²) in [5, 5.41) is 0.619. The minimum atomic E-state index is -0.277. The molecular formula is C22H25ClO7. The Bertz CT molecular complexity index is 833. The predicted octanol–water partition coefficient (Wildman–Crippen LogP) is 4.57. The first-order valence-corrected chi connectivity index (χ1v) is 9.39. The number of allylic oxidation sites excluding steroid dienone is 1. The monoisotopic (exact) mass is 436 g/mol. The van der Waals surface area contributed by atoms with E-state index in [9.17, 15) is 4.79 Å². The summed E-state index contributed by atoms with van der Waals surface area (Å²) in [6, 6.07) is 10.3. The van der Waals surface area contributed by atoms with E-state index < -0.39 is 0 Å². The number of ether oxygens (including phenoxy) is 6.